The van der Waals surface area contributed by atoms with Gasteiger partial charge in [-0.05, 0) is 61.9 Å². The van der Waals surface area contributed by atoms with Gasteiger partial charge in [0.05, 0.1) is 9.77 Å². The lowest BCUT2D eigenvalue weighted by atomic mass is 10.1. The average molecular weight is 399 g/mol. The van der Waals surface area contributed by atoms with Gasteiger partial charge in [0.1, 0.15) is 0 Å². The highest BCUT2D eigenvalue weighted by Crippen LogP contribution is 2.29. The Morgan fingerprint density at radius 3 is 2.76 bits per heavy atom. The molecule has 2 aromatic rings. The van der Waals surface area contributed by atoms with Gasteiger partial charge in [-0.2, -0.15) is 0 Å². The lowest BCUT2D eigenvalue weighted by Crippen LogP contribution is -2.41. The first-order valence-electron chi connectivity index (χ1n) is 8.07. The maximum atomic E-state index is 12.4. The molecule has 0 bridgehead atoms. The lowest BCUT2D eigenvalue weighted by Gasteiger charge is -2.10. The molecule has 3 rings (SSSR count). The van der Waals surface area contributed by atoms with Gasteiger partial charge in [0.25, 0.3) is 15.9 Å². The standard InChI is InChI=1S/C17H19ClN2O3S2/c1-11-13(18)7-5-9-16(11)25(22,23)20-19-17(21)15-10-12-6-3-2-4-8-14(12)24-15/h5,7,9-10,20H,2-4,6,8H2,1H3,(H,19,21). The number of nitrogens with one attached hydrogen (secondary N) is 2. The van der Waals surface area contributed by atoms with Crippen molar-refractivity contribution in [3.05, 3.63) is 50.2 Å². The Balaban J connectivity index is 1.72. The van der Waals surface area contributed by atoms with Crippen LogP contribution in [0.2, 0.25) is 5.02 Å². The Hall–Kier alpha value is -1.41. The molecule has 8 heteroatoms. The van der Waals surface area contributed by atoms with Gasteiger partial charge >= 0.3 is 0 Å². The van der Waals surface area contributed by atoms with Crippen molar-refractivity contribution in [2.75, 3.05) is 0 Å². The molecule has 0 spiro atoms. The van der Waals surface area contributed by atoms with Gasteiger partial charge in [0.15, 0.2) is 0 Å². The first-order valence-corrected chi connectivity index (χ1v) is 10.7. The number of thiophene rings is 1. The monoisotopic (exact) mass is 398 g/mol. The number of aryl methyl sites for hydroxylation is 2. The fourth-order valence-corrected chi connectivity index (χ4v) is 5.38. The predicted octanol–water partition coefficient (Wildman–Crippen LogP) is 3.60. The second-order valence-electron chi connectivity index (χ2n) is 6.04. The van der Waals surface area contributed by atoms with Crippen LogP contribution in [0.3, 0.4) is 0 Å². The molecule has 1 aliphatic carbocycles. The number of fused-ring (bicyclic) bond motifs is 1. The van der Waals surface area contributed by atoms with Crippen LogP contribution in [0.5, 0.6) is 0 Å². The average Bonchev–Trinajstić information content (AvgIpc) is 2.86. The van der Waals surface area contributed by atoms with Crippen molar-refractivity contribution in [1.82, 2.24) is 10.3 Å². The van der Waals surface area contributed by atoms with Crippen LogP contribution >= 0.6 is 22.9 Å². The van der Waals surface area contributed by atoms with E-state index in [0.717, 1.165) is 25.7 Å². The Kier molecular flexibility index (Phi) is 5.48. The van der Waals surface area contributed by atoms with Crippen LogP contribution in [0, 0.1) is 6.92 Å². The molecule has 0 atom stereocenters. The molecule has 134 valence electrons. The maximum Gasteiger partial charge on any atom is 0.276 e. The number of halogens is 1. The molecule has 0 aliphatic heterocycles. The molecule has 2 N–H and O–H groups in total. The highest BCUT2D eigenvalue weighted by atomic mass is 35.5. The molecule has 0 fully saturated rings. The van der Waals surface area contributed by atoms with Crippen LogP contribution in [0.25, 0.3) is 0 Å². The van der Waals surface area contributed by atoms with E-state index in [-0.39, 0.29) is 4.90 Å². The van der Waals surface area contributed by atoms with Gasteiger partial charge in [0, 0.05) is 9.90 Å². The molecule has 0 saturated carbocycles. The van der Waals surface area contributed by atoms with E-state index >= 15 is 0 Å². The predicted molar refractivity (Wildman–Crippen MR) is 99.6 cm³/mol. The number of hydrogen-bond donors (Lipinski definition) is 2. The number of rotatable bonds is 4. The van der Waals surface area contributed by atoms with Crippen molar-refractivity contribution in [3.63, 3.8) is 0 Å². The van der Waals surface area contributed by atoms with E-state index in [2.05, 4.69) is 10.3 Å². The molecule has 1 aromatic carbocycles. The van der Waals surface area contributed by atoms with Crippen molar-refractivity contribution in [2.24, 2.45) is 0 Å². The topological polar surface area (TPSA) is 75.3 Å². The number of sulfonamides is 1. The number of hydrazine groups is 1. The van der Waals surface area contributed by atoms with Gasteiger partial charge in [-0.25, -0.2) is 8.42 Å². The van der Waals surface area contributed by atoms with Gasteiger partial charge in [-0.15, -0.1) is 16.2 Å². The molecule has 1 heterocycles. The number of carbonyl (C=O) groups excluding carboxylic acids is 1. The smallest absolute Gasteiger partial charge is 0.273 e. The Labute approximate surface area is 156 Å². The molecular weight excluding hydrogens is 380 g/mol. The maximum absolute atomic E-state index is 12.4. The highest BCUT2D eigenvalue weighted by molar-refractivity contribution is 7.89. The summed E-state index contributed by atoms with van der Waals surface area (Å²) in [7, 11) is -3.89. The number of carbonyl (C=O) groups is 1. The van der Waals surface area contributed by atoms with E-state index in [9.17, 15) is 13.2 Å². The Bertz CT molecular complexity index is 883. The Morgan fingerprint density at radius 2 is 1.96 bits per heavy atom. The summed E-state index contributed by atoms with van der Waals surface area (Å²) < 4.78 is 24.8. The molecule has 0 radical (unpaired) electrons. The summed E-state index contributed by atoms with van der Waals surface area (Å²) in [5.74, 6) is -0.443. The minimum atomic E-state index is -3.89. The van der Waals surface area contributed by atoms with Gasteiger partial charge < -0.3 is 0 Å². The summed E-state index contributed by atoms with van der Waals surface area (Å²) in [6.07, 6.45) is 5.44. The molecule has 5 nitrogen and oxygen atoms in total. The quantitative estimate of drug-likeness (QED) is 0.610. The molecule has 0 unspecified atom stereocenters. The van der Waals surface area contributed by atoms with Crippen LogP contribution in [0.15, 0.2) is 29.2 Å². The lowest BCUT2D eigenvalue weighted by molar-refractivity contribution is 0.0949. The molecule has 1 aromatic heterocycles. The van der Waals surface area contributed by atoms with Crippen LogP contribution in [-0.2, 0) is 22.9 Å². The van der Waals surface area contributed by atoms with E-state index in [0.29, 0.717) is 15.5 Å². The number of hydrogen-bond acceptors (Lipinski definition) is 4. The van der Waals surface area contributed by atoms with Crippen LogP contribution < -0.4 is 10.3 Å². The third-order valence-electron chi connectivity index (χ3n) is 4.28. The Morgan fingerprint density at radius 1 is 1.20 bits per heavy atom. The van der Waals surface area contributed by atoms with Gasteiger partial charge in [-0.1, -0.05) is 24.1 Å². The normalized spacial score (nSPS) is 14.6. The van der Waals surface area contributed by atoms with Crippen LogP contribution in [0.1, 0.15) is 44.9 Å². The highest BCUT2D eigenvalue weighted by Gasteiger charge is 2.21. The fraction of sp³-hybridized carbons (Fsp3) is 0.353. The van der Waals surface area contributed by atoms with Crippen molar-refractivity contribution >= 4 is 38.9 Å². The van der Waals surface area contributed by atoms with Crippen molar-refractivity contribution in [1.29, 1.82) is 0 Å². The molecule has 0 saturated heterocycles. The number of amides is 1. The van der Waals surface area contributed by atoms with Crippen LogP contribution in [-0.4, -0.2) is 14.3 Å². The second-order valence-corrected chi connectivity index (χ2v) is 9.24. The first-order chi connectivity index (χ1) is 11.9. The van der Waals surface area contributed by atoms with Crippen molar-refractivity contribution in [2.45, 2.75) is 43.9 Å². The third-order valence-corrected chi connectivity index (χ3v) is 7.31. The van der Waals surface area contributed by atoms with Crippen LogP contribution in [0.4, 0.5) is 0 Å². The summed E-state index contributed by atoms with van der Waals surface area (Å²) in [5.41, 5.74) is 3.95. The molecule has 25 heavy (non-hydrogen) atoms. The first kappa shape index (κ1) is 18.4. The summed E-state index contributed by atoms with van der Waals surface area (Å²) >= 11 is 7.41. The fourth-order valence-electron chi connectivity index (χ4n) is 2.89. The summed E-state index contributed by atoms with van der Waals surface area (Å²) in [6.45, 7) is 1.62. The molecule has 1 amide bonds. The largest absolute Gasteiger partial charge is 0.276 e. The van der Waals surface area contributed by atoms with Gasteiger partial charge in [-0.3, -0.25) is 10.2 Å². The molecule has 1 aliphatic rings. The summed E-state index contributed by atoms with van der Waals surface area (Å²) in [4.78, 5) is 16.3. The van der Waals surface area contributed by atoms with E-state index in [1.807, 2.05) is 6.07 Å². The van der Waals surface area contributed by atoms with E-state index in [1.54, 1.807) is 19.1 Å². The van der Waals surface area contributed by atoms with Crippen molar-refractivity contribution < 1.29 is 13.2 Å². The minimum absolute atomic E-state index is 0.0438. The van der Waals surface area contributed by atoms with E-state index in [1.165, 1.54) is 34.3 Å². The number of benzene rings is 1. The third kappa shape index (κ3) is 4.06. The zero-order chi connectivity index (χ0) is 18.0. The van der Waals surface area contributed by atoms with Gasteiger partial charge in [0.2, 0.25) is 0 Å². The molecular formula is C17H19ClN2O3S2. The second kappa shape index (κ2) is 7.45. The SMILES string of the molecule is Cc1c(Cl)cccc1S(=O)(=O)NNC(=O)c1cc2c(s1)CCCCC2. The van der Waals surface area contributed by atoms with E-state index < -0.39 is 15.9 Å². The minimum Gasteiger partial charge on any atom is -0.273 e. The zero-order valence-corrected chi connectivity index (χ0v) is 16.2. The van der Waals surface area contributed by atoms with Crippen molar-refractivity contribution in [3.8, 4) is 0 Å². The zero-order valence-electron chi connectivity index (χ0n) is 13.8. The summed E-state index contributed by atoms with van der Waals surface area (Å²) in [5, 5.41) is 0.358. The van der Waals surface area contributed by atoms with E-state index in [4.69, 9.17) is 11.6 Å². The summed E-state index contributed by atoms with van der Waals surface area (Å²) in [6, 6.07) is 6.50.